The van der Waals surface area contributed by atoms with E-state index >= 15 is 0 Å². The van der Waals surface area contributed by atoms with Crippen LogP contribution in [0.4, 0.5) is 5.82 Å². The quantitative estimate of drug-likeness (QED) is 0.797. The summed E-state index contributed by atoms with van der Waals surface area (Å²) in [6, 6.07) is 12.1. The summed E-state index contributed by atoms with van der Waals surface area (Å²) in [6.45, 7) is 10.2. The molecule has 0 atom stereocenters. The highest BCUT2D eigenvalue weighted by atomic mass is 16.2. The smallest absolute Gasteiger partial charge is 0.272 e. The van der Waals surface area contributed by atoms with Crippen molar-refractivity contribution in [2.75, 3.05) is 44.2 Å². The van der Waals surface area contributed by atoms with Crippen molar-refractivity contribution < 1.29 is 4.79 Å². The van der Waals surface area contributed by atoms with Crippen LogP contribution < -0.4 is 4.90 Å². The van der Waals surface area contributed by atoms with Crippen LogP contribution in [0.3, 0.4) is 0 Å². The van der Waals surface area contributed by atoms with Gasteiger partial charge in [0.15, 0.2) is 0 Å². The van der Waals surface area contributed by atoms with Gasteiger partial charge in [-0.15, -0.1) is 0 Å². The summed E-state index contributed by atoms with van der Waals surface area (Å²) in [4.78, 5) is 27.9. The average molecular weight is 353 g/mol. The molecule has 1 saturated heterocycles. The van der Waals surface area contributed by atoms with Gasteiger partial charge >= 0.3 is 0 Å². The minimum absolute atomic E-state index is 0.000155. The van der Waals surface area contributed by atoms with Gasteiger partial charge in [-0.25, -0.2) is 9.97 Å². The van der Waals surface area contributed by atoms with Gasteiger partial charge in [0.05, 0.1) is 0 Å². The number of carbonyl (C=O) groups excluding carboxylic acids is 1. The third kappa shape index (κ3) is 4.38. The number of hydrogen-bond acceptors (Lipinski definition) is 5. The van der Waals surface area contributed by atoms with Crippen molar-refractivity contribution in [3.05, 3.63) is 54.0 Å². The maximum absolute atomic E-state index is 12.8. The van der Waals surface area contributed by atoms with Crippen molar-refractivity contribution in [1.82, 2.24) is 19.8 Å². The fraction of sp³-hybridized carbons (Fsp3) is 0.450. The van der Waals surface area contributed by atoms with Crippen LogP contribution in [0.15, 0.2) is 42.7 Å². The number of piperazine rings is 1. The van der Waals surface area contributed by atoms with Crippen LogP contribution in [-0.2, 0) is 6.54 Å². The minimum Gasteiger partial charge on any atom is -0.352 e. The zero-order valence-corrected chi connectivity index (χ0v) is 15.6. The van der Waals surface area contributed by atoms with Crippen LogP contribution in [0.5, 0.6) is 0 Å². The molecule has 0 spiro atoms. The molecule has 1 aliphatic rings. The second kappa shape index (κ2) is 8.76. The predicted molar refractivity (Wildman–Crippen MR) is 103 cm³/mol. The molecule has 6 heteroatoms. The maximum Gasteiger partial charge on any atom is 0.272 e. The van der Waals surface area contributed by atoms with Crippen LogP contribution in [0.25, 0.3) is 0 Å². The van der Waals surface area contributed by atoms with Gasteiger partial charge in [0, 0.05) is 45.3 Å². The summed E-state index contributed by atoms with van der Waals surface area (Å²) in [5, 5.41) is 0. The first kappa shape index (κ1) is 18.3. The zero-order chi connectivity index (χ0) is 18.4. The van der Waals surface area contributed by atoms with Crippen LogP contribution >= 0.6 is 0 Å². The normalized spacial score (nSPS) is 15.1. The Balaban J connectivity index is 1.71. The Hall–Kier alpha value is -2.47. The van der Waals surface area contributed by atoms with Crippen molar-refractivity contribution in [3.8, 4) is 0 Å². The molecule has 0 aliphatic carbocycles. The van der Waals surface area contributed by atoms with Gasteiger partial charge < -0.3 is 14.7 Å². The lowest BCUT2D eigenvalue weighted by molar-refractivity contribution is 0.0637. The van der Waals surface area contributed by atoms with Gasteiger partial charge in [0.2, 0.25) is 0 Å². The molecule has 0 bridgehead atoms. The van der Waals surface area contributed by atoms with Gasteiger partial charge in [-0.05, 0) is 19.0 Å². The molecular formula is C20H27N5O. The molecule has 1 fully saturated rings. The largest absolute Gasteiger partial charge is 0.352 e. The van der Waals surface area contributed by atoms with E-state index in [0.717, 1.165) is 51.6 Å². The molecular weight excluding hydrogens is 326 g/mol. The fourth-order valence-corrected chi connectivity index (χ4v) is 3.22. The number of rotatable bonds is 6. The van der Waals surface area contributed by atoms with E-state index in [-0.39, 0.29) is 5.91 Å². The van der Waals surface area contributed by atoms with Gasteiger partial charge in [-0.1, -0.05) is 37.3 Å². The van der Waals surface area contributed by atoms with E-state index in [9.17, 15) is 4.79 Å². The van der Waals surface area contributed by atoms with Crippen molar-refractivity contribution >= 4 is 11.7 Å². The Morgan fingerprint density at radius 2 is 1.81 bits per heavy atom. The predicted octanol–water partition coefficient (Wildman–Crippen LogP) is 2.28. The van der Waals surface area contributed by atoms with Gasteiger partial charge in [-0.3, -0.25) is 4.79 Å². The molecule has 0 radical (unpaired) electrons. The lowest BCUT2D eigenvalue weighted by atomic mass is 10.2. The highest BCUT2D eigenvalue weighted by Crippen LogP contribution is 2.16. The maximum atomic E-state index is 12.8. The number of hydrogen-bond donors (Lipinski definition) is 0. The van der Waals surface area contributed by atoms with Crippen molar-refractivity contribution in [1.29, 1.82) is 0 Å². The number of amides is 1. The van der Waals surface area contributed by atoms with E-state index in [1.807, 2.05) is 29.2 Å². The molecule has 2 aromatic rings. The lowest BCUT2D eigenvalue weighted by Gasteiger charge is -2.33. The van der Waals surface area contributed by atoms with Crippen LogP contribution in [0.2, 0.25) is 0 Å². The first-order valence-corrected chi connectivity index (χ1v) is 9.33. The first-order valence-electron chi connectivity index (χ1n) is 9.33. The van der Waals surface area contributed by atoms with E-state index in [2.05, 4.69) is 45.7 Å². The Morgan fingerprint density at radius 1 is 1.08 bits per heavy atom. The van der Waals surface area contributed by atoms with Crippen molar-refractivity contribution in [2.45, 2.75) is 20.4 Å². The van der Waals surface area contributed by atoms with E-state index in [1.165, 1.54) is 11.9 Å². The Labute approximate surface area is 155 Å². The van der Waals surface area contributed by atoms with Gasteiger partial charge in [-0.2, -0.15) is 0 Å². The SMILES string of the molecule is CCN1CCN(C(=O)c2cc(N(CC)Cc3ccccc3)ncn2)CC1. The second-order valence-electron chi connectivity index (χ2n) is 6.49. The van der Waals surface area contributed by atoms with Gasteiger partial charge in [0.25, 0.3) is 5.91 Å². The molecule has 0 N–H and O–H groups in total. The summed E-state index contributed by atoms with van der Waals surface area (Å²) in [5.41, 5.74) is 1.70. The first-order chi connectivity index (χ1) is 12.7. The number of likely N-dealkylation sites (N-methyl/N-ethyl adjacent to an activating group) is 1. The monoisotopic (exact) mass is 353 g/mol. The Kier molecular flexibility index (Phi) is 6.17. The molecule has 2 heterocycles. The highest BCUT2D eigenvalue weighted by Gasteiger charge is 2.23. The number of nitrogens with zero attached hydrogens (tertiary/aromatic N) is 5. The number of aromatic nitrogens is 2. The summed E-state index contributed by atoms with van der Waals surface area (Å²) in [5.74, 6) is 0.794. The molecule has 1 aromatic heterocycles. The molecule has 26 heavy (non-hydrogen) atoms. The summed E-state index contributed by atoms with van der Waals surface area (Å²) >= 11 is 0. The summed E-state index contributed by atoms with van der Waals surface area (Å²) in [7, 11) is 0. The van der Waals surface area contributed by atoms with E-state index < -0.39 is 0 Å². The average Bonchev–Trinajstić information content (AvgIpc) is 2.72. The fourth-order valence-electron chi connectivity index (χ4n) is 3.22. The Morgan fingerprint density at radius 3 is 2.46 bits per heavy atom. The Bertz CT molecular complexity index is 713. The number of anilines is 1. The second-order valence-corrected chi connectivity index (χ2v) is 6.49. The molecule has 0 unspecified atom stereocenters. The third-order valence-electron chi connectivity index (χ3n) is 4.90. The third-order valence-corrected chi connectivity index (χ3v) is 4.90. The van der Waals surface area contributed by atoms with E-state index in [1.54, 1.807) is 0 Å². The minimum atomic E-state index is 0.000155. The van der Waals surface area contributed by atoms with Crippen molar-refractivity contribution in [3.63, 3.8) is 0 Å². The number of carbonyl (C=O) groups is 1. The lowest BCUT2D eigenvalue weighted by Crippen LogP contribution is -2.48. The molecule has 1 amide bonds. The van der Waals surface area contributed by atoms with E-state index in [4.69, 9.17) is 0 Å². The molecule has 0 saturated carbocycles. The molecule has 1 aromatic carbocycles. The standard InChI is InChI=1S/C20H27N5O/c1-3-23-10-12-25(13-11-23)20(26)18-14-19(22-16-21-18)24(4-2)15-17-8-6-5-7-9-17/h5-9,14,16H,3-4,10-13,15H2,1-2H3. The summed E-state index contributed by atoms with van der Waals surface area (Å²) in [6.07, 6.45) is 1.50. The highest BCUT2D eigenvalue weighted by molar-refractivity contribution is 5.93. The van der Waals surface area contributed by atoms with Gasteiger partial charge in [0.1, 0.15) is 17.8 Å². The molecule has 1 aliphatic heterocycles. The summed E-state index contributed by atoms with van der Waals surface area (Å²) < 4.78 is 0. The number of benzene rings is 1. The molecule has 138 valence electrons. The van der Waals surface area contributed by atoms with Crippen LogP contribution in [0.1, 0.15) is 29.9 Å². The van der Waals surface area contributed by atoms with E-state index in [0.29, 0.717) is 5.69 Å². The zero-order valence-electron chi connectivity index (χ0n) is 15.6. The van der Waals surface area contributed by atoms with Crippen LogP contribution in [0, 0.1) is 0 Å². The van der Waals surface area contributed by atoms with Crippen molar-refractivity contribution in [2.24, 2.45) is 0 Å². The molecule has 3 rings (SSSR count). The van der Waals surface area contributed by atoms with Crippen LogP contribution in [-0.4, -0.2) is 64.9 Å². The molecule has 6 nitrogen and oxygen atoms in total. The topological polar surface area (TPSA) is 52.6 Å².